The number of aromatic carboxylic acids is 1. The van der Waals surface area contributed by atoms with Gasteiger partial charge in [-0.3, -0.25) is 4.79 Å². The number of aliphatic hydroxyl groups is 2. The third-order valence-electron chi connectivity index (χ3n) is 2.72. The molecule has 3 N–H and O–H groups in total. The third-order valence-corrected chi connectivity index (χ3v) is 3.57. The highest BCUT2D eigenvalue weighted by atomic mass is 32.2. The van der Waals surface area contributed by atoms with Gasteiger partial charge in [0.15, 0.2) is 5.12 Å². The average Bonchev–Trinajstić information content (AvgIpc) is 2.39. The molecule has 2 unspecified atom stereocenters. The standard InChI is InChI=1S/C13H14F2O5S/c1-6(16)21-3-2-11(17)12(18)7-4-10(15)8(13(19)20)5-9(7)14/h4-5,11-12,17-18H,2-3H2,1H3,(H,19,20). The van der Waals surface area contributed by atoms with Crippen LogP contribution in [0.4, 0.5) is 8.78 Å². The lowest BCUT2D eigenvalue weighted by atomic mass is 10.00. The topological polar surface area (TPSA) is 94.8 Å². The minimum atomic E-state index is -1.71. The summed E-state index contributed by atoms with van der Waals surface area (Å²) in [6, 6.07) is 0.998. The van der Waals surface area contributed by atoms with E-state index in [2.05, 4.69) is 0 Å². The van der Waals surface area contributed by atoms with Crippen LogP contribution in [-0.4, -0.2) is 38.3 Å². The molecule has 0 aromatic heterocycles. The van der Waals surface area contributed by atoms with Gasteiger partial charge in [-0.05, 0) is 18.6 Å². The number of carboxylic acid groups (broad SMARTS) is 1. The average molecular weight is 320 g/mol. The van der Waals surface area contributed by atoms with E-state index in [4.69, 9.17) is 5.11 Å². The molecule has 0 heterocycles. The molecule has 0 spiro atoms. The number of aliphatic hydroxyl groups excluding tert-OH is 2. The Morgan fingerprint density at radius 1 is 1.24 bits per heavy atom. The maximum absolute atomic E-state index is 13.7. The zero-order valence-electron chi connectivity index (χ0n) is 11.0. The second-order valence-corrected chi connectivity index (χ2v) is 5.57. The summed E-state index contributed by atoms with van der Waals surface area (Å²) >= 11 is 0.930. The van der Waals surface area contributed by atoms with Gasteiger partial charge in [-0.2, -0.15) is 0 Å². The zero-order valence-corrected chi connectivity index (χ0v) is 11.9. The van der Waals surface area contributed by atoms with Gasteiger partial charge in [0.25, 0.3) is 0 Å². The molecule has 0 aliphatic carbocycles. The van der Waals surface area contributed by atoms with Crippen LogP contribution in [0, 0.1) is 11.6 Å². The molecule has 0 amide bonds. The van der Waals surface area contributed by atoms with Crippen molar-refractivity contribution in [1.29, 1.82) is 0 Å². The second-order valence-electron chi connectivity index (χ2n) is 4.30. The van der Waals surface area contributed by atoms with E-state index in [-0.39, 0.29) is 17.3 Å². The SMILES string of the molecule is CC(=O)SCCC(O)C(O)c1cc(F)c(C(=O)O)cc1F. The highest BCUT2D eigenvalue weighted by Gasteiger charge is 2.24. The second kappa shape index (κ2) is 7.48. The summed E-state index contributed by atoms with van der Waals surface area (Å²) < 4.78 is 27.2. The molecule has 2 atom stereocenters. The predicted octanol–water partition coefficient (Wildman–Crippen LogP) is 1.73. The van der Waals surface area contributed by atoms with Gasteiger partial charge in [-0.15, -0.1) is 0 Å². The van der Waals surface area contributed by atoms with Crippen LogP contribution in [0.2, 0.25) is 0 Å². The highest BCUT2D eigenvalue weighted by molar-refractivity contribution is 8.13. The molecule has 0 aliphatic heterocycles. The molecule has 1 rings (SSSR count). The van der Waals surface area contributed by atoms with Gasteiger partial charge in [0, 0.05) is 18.2 Å². The highest BCUT2D eigenvalue weighted by Crippen LogP contribution is 2.25. The lowest BCUT2D eigenvalue weighted by Gasteiger charge is -2.18. The Morgan fingerprint density at radius 2 is 1.86 bits per heavy atom. The number of carbonyl (C=O) groups is 2. The van der Waals surface area contributed by atoms with Crippen molar-refractivity contribution in [2.24, 2.45) is 0 Å². The number of benzene rings is 1. The van der Waals surface area contributed by atoms with E-state index in [1.54, 1.807) is 0 Å². The minimum Gasteiger partial charge on any atom is -0.478 e. The van der Waals surface area contributed by atoms with E-state index in [0.717, 1.165) is 11.8 Å². The van der Waals surface area contributed by atoms with E-state index in [0.29, 0.717) is 12.1 Å². The summed E-state index contributed by atoms with van der Waals surface area (Å²) in [5.74, 6) is -3.75. The number of carbonyl (C=O) groups excluding carboxylic acids is 1. The lowest BCUT2D eigenvalue weighted by molar-refractivity contribution is -0.109. The molecule has 0 radical (unpaired) electrons. The molecule has 5 nitrogen and oxygen atoms in total. The molecule has 116 valence electrons. The number of halogens is 2. The number of rotatable bonds is 6. The van der Waals surface area contributed by atoms with Crippen LogP contribution in [0.5, 0.6) is 0 Å². The van der Waals surface area contributed by atoms with Crippen LogP contribution in [0.25, 0.3) is 0 Å². The number of hydrogen-bond acceptors (Lipinski definition) is 5. The minimum absolute atomic E-state index is 0.00679. The fraction of sp³-hybridized carbons (Fsp3) is 0.385. The summed E-state index contributed by atoms with van der Waals surface area (Å²) in [4.78, 5) is 21.4. The van der Waals surface area contributed by atoms with Gasteiger partial charge in [0.05, 0.1) is 11.7 Å². The summed E-state index contributed by atoms with van der Waals surface area (Å²) in [7, 11) is 0. The van der Waals surface area contributed by atoms with Gasteiger partial charge in [0.1, 0.15) is 17.7 Å². The summed E-state index contributed by atoms with van der Waals surface area (Å²) in [5, 5.41) is 28.0. The Morgan fingerprint density at radius 3 is 2.38 bits per heavy atom. The third kappa shape index (κ3) is 4.76. The molecular weight excluding hydrogens is 306 g/mol. The van der Waals surface area contributed by atoms with Crippen molar-refractivity contribution >= 4 is 22.8 Å². The van der Waals surface area contributed by atoms with Gasteiger partial charge in [0.2, 0.25) is 0 Å². The molecular formula is C13H14F2O5S. The van der Waals surface area contributed by atoms with Crippen LogP contribution < -0.4 is 0 Å². The van der Waals surface area contributed by atoms with Crippen molar-refractivity contribution in [3.8, 4) is 0 Å². The molecule has 21 heavy (non-hydrogen) atoms. The van der Waals surface area contributed by atoms with Gasteiger partial charge in [-0.1, -0.05) is 11.8 Å². The molecule has 8 heteroatoms. The number of thioether (sulfide) groups is 1. The first-order valence-corrected chi connectivity index (χ1v) is 6.94. The fourth-order valence-electron chi connectivity index (χ4n) is 1.64. The van der Waals surface area contributed by atoms with E-state index in [1.807, 2.05) is 0 Å². The quantitative estimate of drug-likeness (QED) is 0.739. The van der Waals surface area contributed by atoms with Crippen LogP contribution in [0.15, 0.2) is 12.1 Å². The first kappa shape index (κ1) is 17.5. The first-order chi connectivity index (χ1) is 9.73. The normalized spacial score (nSPS) is 13.8. The Kier molecular flexibility index (Phi) is 6.25. The fourth-order valence-corrected chi connectivity index (χ4v) is 2.29. The molecule has 0 saturated carbocycles. The number of carboxylic acids is 1. The molecule has 0 saturated heterocycles. The van der Waals surface area contributed by atoms with E-state index in [1.165, 1.54) is 6.92 Å². The molecule has 0 bridgehead atoms. The van der Waals surface area contributed by atoms with Crippen molar-refractivity contribution in [2.75, 3.05) is 5.75 Å². The van der Waals surface area contributed by atoms with Crippen LogP contribution in [-0.2, 0) is 4.79 Å². The summed E-state index contributed by atoms with van der Waals surface area (Å²) in [6.07, 6.45) is -3.12. The van der Waals surface area contributed by atoms with Crippen molar-refractivity contribution < 1.29 is 33.7 Å². The number of hydrogen-bond donors (Lipinski definition) is 3. The Balaban J connectivity index is 2.87. The van der Waals surface area contributed by atoms with Crippen molar-refractivity contribution in [2.45, 2.75) is 25.6 Å². The van der Waals surface area contributed by atoms with Crippen LogP contribution in [0.3, 0.4) is 0 Å². The van der Waals surface area contributed by atoms with Gasteiger partial charge < -0.3 is 15.3 Å². The molecule has 0 fully saturated rings. The van der Waals surface area contributed by atoms with E-state index >= 15 is 0 Å². The maximum atomic E-state index is 13.7. The maximum Gasteiger partial charge on any atom is 0.338 e. The summed E-state index contributed by atoms with van der Waals surface area (Å²) in [5.41, 5.74) is -1.39. The van der Waals surface area contributed by atoms with Gasteiger partial charge >= 0.3 is 5.97 Å². The monoisotopic (exact) mass is 320 g/mol. The Hall–Kier alpha value is -1.51. The lowest BCUT2D eigenvalue weighted by Crippen LogP contribution is -2.21. The zero-order chi connectivity index (χ0) is 16.2. The molecule has 0 aliphatic rings. The Labute approximate surface area is 123 Å². The molecule has 1 aromatic carbocycles. The summed E-state index contributed by atoms with van der Waals surface area (Å²) in [6.45, 7) is 1.34. The van der Waals surface area contributed by atoms with Crippen LogP contribution >= 0.6 is 11.8 Å². The smallest absolute Gasteiger partial charge is 0.338 e. The first-order valence-electron chi connectivity index (χ1n) is 5.95. The van der Waals surface area contributed by atoms with Gasteiger partial charge in [-0.25, -0.2) is 13.6 Å². The predicted molar refractivity (Wildman–Crippen MR) is 72.0 cm³/mol. The largest absolute Gasteiger partial charge is 0.478 e. The van der Waals surface area contributed by atoms with Crippen molar-refractivity contribution in [3.63, 3.8) is 0 Å². The van der Waals surface area contributed by atoms with E-state index in [9.17, 15) is 28.6 Å². The van der Waals surface area contributed by atoms with Crippen molar-refractivity contribution in [3.05, 3.63) is 34.9 Å². The van der Waals surface area contributed by atoms with E-state index < -0.39 is 40.9 Å². The molecule has 1 aromatic rings. The Bertz CT molecular complexity index is 550. The van der Waals surface area contributed by atoms with Crippen molar-refractivity contribution in [1.82, 2.24) is 0 Å². The van der Waals surface area contributed by atoms with Crippen LogP contribution in [0.1, 0.15) is 35.4 Å².